The van der Waals surface area contributed by atoms with Crippen LogP contribution in [-0.4, -0.2) is 30.2 Å². The van der Waals surface area contributed by atoms with Crippen LogP contribution in [0.15, 0.2) is 22.7 Å². The van der Waals surface area contributed by atoms with E-state index in [4.69, 9.17) is 0 Å². The van der Waals surface area contributed by atoms with Gasteiger partial charge in [-0.1, -0.05) is 11.3 Å². The summed E-state index contributed by atoms with van der Waals surface area (Å²) in [6.07, 6.45) is 1.57. The average molecular weight is 287 g/mol. The lowest BCUT2D eigenvalue weighted by Crippen LogP contribution is -2.12. The van der Waals surface area contributed by atoms with Crippen molar-refractivity contribution in [3.05, 3.63) is 23.5 Å². The normalized spacial score (nSPS) is 11.7. The fraction of sp³-hybridized carbons (Fsp3) is 0.333. The topological polar surface area (TPSA) is 88.9 Å². The zero-order chi connectivity index (χ0) is 13.2. The maximum Gasteiger partial charge on any atom is 0.265 e. The average Bonchev–Trinajstić information content (AvgIpc) is 2.90. The molecular weight excluding hydrogens is 274 g/mol. The van der Waals surface area contributed by atoms with Gasteiger partial charge in [0.2, 0.25) is 5.13 Å². The number of hydrogen-bond donors (Lipinski definition) is 2. The molecule has 0 bridgehead atoms. The van der Waals surface area contributed by atoms with Gasteiger partial charge in [0.05, 0.1) is 0 Å². The molecule has 2 heterocycles. The first kappa shape index (κ1) is 13.0. The van der Waals surface area contributed by atoms with Gasteiger partial charge < -0.3 is 9.88 Å². The van der Waals surface area contributed by atoms with Crippen LogP contribution in [0.2, 0.25) is 0 Å². The number of nitrogens with zero attached hydrogens (tertiary/aromatic N) is 3. The van der Waals surface area contributed by atoms with E-state index < -0.39 is 10.0 Å². The van der Waals surface area contributed by atoms with Crippen LogP contribution in [0, 0.1) is 0 Å². The van der Waals surface area contributed by atoms with Crippen molar-refractivity contribution >= 4 is 26.5 Å². The molecule has 0 aliphatic heterocycles. The number of hydrogen-bond acceptors (Lipinski definition) is 6. The lowest BCUT2D eigenvalue weighted by atomic mass is 10.4. The molecule has 2 rings (SSSR count). The maximum atomic E-state index is 12.1. The molecule has 18 heavy (non-hydrogen) atoms. The summed E-state index contributed by atoms with van der Waals surface area (Å²) in [5.41, 5.74) is 2.35. The highest BCUT2D eigenvalue weighted by molar-refractivity contribution is 7.93. The van der Waals surface area contributed by atoms with E-state index in [0.29, 0.717) is 6.54 Å². The van der Waals surface area contributed by atoms with Gasteiger partial charge in [0.1, 0.15) is 10.4 Å². The minimum Gasteiger partial charge on any atom is -0.352 e. The molecule has 2 aromatic heterocycles. The van der Waals surface area contributed by atoms with Crippen molar-refractivity contribution in [1.29, 1.82) is 0 Å². The van der Waals surface area contributed by atoms with Gasteiger partial charge in [0, 0.05) is 25.5 Å². The molecule has 0 radical (unpaired) electrons. The van der Waals surface area contributed by atoms with Crippen LogP contribution in [0.25, 0.3) is 0 Å². The van der Waals surface area contributed by atoms with Gasteiger partial charge in [0.25, 0.3) is 10.0 Å². The Kier molecular flexibility index (Phi) is 3.64. The van der Waals surface area contributed by atoms with Gasteiger partial charge in [-0.05, 0) is 13.1 Å². The molecule has 0 unspecified atom stereocenters. The molecular formula is C9H13N5O2S2. The first-order valence-corrected chi connectivity index (χ1v) is 7.48. The van der Waals surface area contributed by atoms with Crippen LogP contribution in [0.3, 0.4) is 0 Å². The van der Waals surface area contributed by atoms with Crippen LogP contribution in [0.1, 0.15) is 5.69 Å². The lowest BCUT2D eigenvalue weighted by Gasteiger charge is -2.00. The van der Waals surface area contributed by atoms with Crippen LogP contribution in [0.5, 0.6) is 0 Å². The van der Waals surface area contributed by atoms with Gasteiger partial charge in [-0.2, -0.15) is 0 Å². The molecule has 2 aromatic rings. The smallest absolute Gasteiger partial charge is 0.265 e. The summed E-state index contributed by atoms with van der Waals surface area (Å²) in [6, 6.07) is 1.62. The van der Waals surface area contributed by atoms with E-state index in [-0.39, 0.29) is 10.0 Å². The summed E-state index contributed by atoms with van der Waals surface area (Å²) in [4.78, 5) is 0.213. The van der Waals surface area contributed by atoms with Gasteiger partial charge in [0.15, 0.2) is 0 Å². The Morgan fingerprint density at radius 3 is 2.89 bits per heavy atom. The molecule has 0 saturated carbocycles. The molecule has 0 aliphatic carbocycles. The zero-order valence-electron chi connectivity index (χ0n) is 9.91. The Labute approximate surface area is 109 Å². The van der Waals surface area contributed by atoms with E-state index in [1.54, 1.807) is 30.9 Å². The van der Waals surface area contributed by atoms with Crippen molar-refractivity contribution in [3.63, 3.8) is 0 Å². The van der Waals surface area contributed by atoms with Crippen molar-refractivity contribution in [3.8, 4) is 0 Å². The van der Waals surface area contributed by atoms with E-state index in [9.17, 15) is 8.42 Å². The van der Waals surface area contributed by atoms with Gasteiger partial charge in [-0.25, -0.2) is 8.42 Å². The molecule has 0 atom stereocenters. The van der Waals surface area contributed by atoms with E-state index in [0.717, 1.165) is 17.0 Å². The molecule has 7 nitrogen and oxygen atoms in total. The minimum atomic E-state index is -3.59. The maximum absolute atomic E-state index is 12.1. The zero-order valence-corrected chi connectivity index (χ0v) is 11.5. The Morgan fingerprint density at radius 2 is 2.28 bits per heavy atom. The number of rotatable bonds is 5. The lowest BCUT2D eigenvalue weighted by molar-refractivity contribution is 0.601. The molecule has 0 saturated heterocycles. The molecule has 98 valence electrons. The first-order chi connectivity index (χ1) is 8.53. The quantitative estimate of drug-likeness (QED) is 0.831. The fourth-order valence-electron chi connectivity index (χ4n) is 1.47. The molecule has 2 N–H and O–H groups in total. The SMILES string of the molecule is CNCc1cc(S(=O)(=O)Nc2nncs2)cn1C. The standard InChI is InChI=1S/C9H13N5O2S2/c1-10-4-7-3-8(5-14(7)2)18(15,16)13-9-12-11-6-17-9/h3,5-6,10H,4H2,1-2H3,(H,12,13). The van der Waals surface area contributed by atoms with Crippen molar-refractivity contribution in [1.82, 2.24) is 20.1 Å². The monoisotopic (exact) mass is 287 g/mol. The molecule has 0 aliphatic rings. The second-order valence-electron chi connectivity index (χ2n) is 3.66. The Bertz CT molecular complexity index is 617. The highest BCUT2D eigenvalue weighted by atomic mass is 32.2. The van der Waals surface area contributed by atoms with E-state index in [1.807, 2.05) is 0 Å². The molecule has 0 spiro atoms. The van der Waals surface area contributed by atoms with Crippen molar-refractivity contribution < 1.29 is 8.42 Å². The van der Waals surface area contributed by atoms with Crippen LogP contribution >= 0.6 is 11.3 Å². The van der Waals surface area contributed by atoms with Gasteiger partial charge in [-0.3, -0.25) is 4.72 Å². The minimum absolute atomic E-state index is 0.213. The summed E-state index contributed by atoms with van der Waals surface area (Å²) < 4.78 is 28.3. The molecule has 0 fully saturated rings. The predicted octanol–water partition coefficient (Wildman–Crippen LogP) is 0.397. The van der Waals surface area contributed by atoms with Gasteiger partial charge in [-0.15, -0.1) is 10.2 Å². The van der Waals surface area contributed by atoms with Crippen molar-refractivity contribution in [2.24, 2.45) is 7.05 Å². The summed E-state index contributed by atoms with van der Waals surface area (Å²) >= 11 is 1.13. The van der Waals surface area contributed by atoms with Crippen LogP contribution in [0.4, 0.5) is 5.13 Å². The number of aromatic nitrogens is 3. The number of anilines is 1. The third kappa shape index (κ3) is 2.68. The molecule has 0 aromatic carbocycles. The van der Waals surface area contributed by atoms with Crippen molar-refractivity contribution in [2.45, 2.75) is 11.4 Å². The fourth-order valence-corrected chi connectivity index (χ4v) is 3.26. The van der Waals surface area contributed by atoms with Crippen LogP contribution in [-0.2, 0) is 23.6 Å². The highest BCUT2D eigenvalue weighted by Gasteiger charge is 2.18. The Morgan fingerprint density at radius 1 is 1.50 bits per heavy atom. The predicted molar refractivity (Wildman–Crippen MR) is 68.9 cm³/mol. The largest absolute Gasteiger partial charge is 0.352 e. The van der Waals surface area contributed by atoms with Crippen LogP contribution < -0.4 is 10.0 Å². The number of nitrogens with one attached hydrogen (secondary N) is 2. The molecule has 0 amide bonds. The van der Waals surface area contributed by atoms with E-state index >= 15 is 0 Å². The van der Waals surface area contributed by atoms with Crippen molar-refractivity contribution in [2.75, 3.05) is 11.8 Å². The number of aryl methyl sites for hydroxylation is 1. The Balaban J connectivity index is 2.27. The number of sulfonamides is 1. The van der Waals surface area contributed by atoms with Gasteiger partial charge >= 0.3 is 0 Å². The Hall–Kier alpha value is -1.45. The molecule has 9 heteroatoms. The third-order valence-electron chi connectivity index (χ3n) is 2.33. The van der Waals surface area contributed by atoms with E-state index in [2.05, 4.69) is 20.2 Å². The second-order valence-corrected chi connectivity index (χ2v) is 6.17. The highest BCUT2D eigenvalue weighted by Crippen LogP contribution is 2.18. The summed E-state index contributed by atoms with van der Waals surface area (Å²) in [5, 5.41) is 10.5. The third-order valence-corrected chi connectivity index (χ3v) is 4.37. The second kappa shape index (κ2) is 5.04. The summed E-state index contributed by atoms with van der Waals surface area (Å²) in [7, 11) is 0.0145. The summed E-state index contributed by atoms with van der Waals surface area (Å²) in [6.45, 7) is 0.602. The summed E-state index contributed by atoms with van der Waals surface area (Å²) in [5.74, 6) is 0. The van der Waals surface area contributed by atoms with E-state index in [1.165, 1.54) is 5.51 Å². The first-order valence-electron chi connectivity index (χ1n) is 5.12.